The molecule has 0 radical (unpaired) electrons. The van der Waals surface area contributed by atoms with Crippen LogP contribution in [0.25, 0.3) is 0 Å². The fraction of sp³-hybridized carbons (Fsp3) is 0.500. The summed E-state index contributed by atoms with van der Waals surface area (Å²) in [7, 11) is 0. The van der Waals surface area contributed by atoms with Gasteiger partial charge in [0.1, 0.15) is 5.75 Å². The van der Waals surface area contributed by atoms with Gasteiger partial charge in [-0.05, 0) is 23.6 Å². The third-order valence-electron chi connectivity index (χ3n) is 3.07. The summed E-state index contributed by atoms with van der Waals surface area (Å²) < 4.78 is 5.90. The van der Waals surface area contributed by atoms with Gasteiger partial charge < -0.3 is 10.1 Å². The van der Waals surface area contributed by atoms with Crippen molar-refractivity contribution >= 4 is 35.5 Å². The van der Waals surface area contributed by atoms with E-state index in [0.717, 1.165) is 0 Å². The van der Waals surface area contributed by atoms with Crippen molar-refractivity contribution in [3.63, 3.8) is 0 Å². The summed E-state index contributed by atoms with van der Waals surface area (Å²) in [5, 5.41) is 4.86. The number of imide groups is 1. The normalized spacial score (nSPS) is 14.7. The number of rotatable bonds is 6. The molecule has 126 valence electrons. The maximum absolute atomic E-state index is 11.6. The van der Waals surface area contributed by atoms with Gasteiger partial charge in [0.2, 0.25) is 0 Å². The molecule has 0 saturated carbocycles. The van der Waals surface area contributed by atoms with Crippen molar-refractivity contribution in [2.75, 3.05) is 24.7 Å². The highest BCUT2D eigenvalue weighted by molar-refractivity contribution is 8.19. The van der Waals surface area contributed by atoms with E-state index in [0.29, 0.717) is 22.8 Å². The van der Waals surface area contributed by atoms with Gasteiger partial charge in [0.15, 0.2) is 6.61 Å². The van der Waals surface area contributed by atoms with E-state index in [2.05, 4.69) is 10.6 Å². The zero-order valence-corrected chi connectivity index (χ0v) is 15.0. The summed E-state index contributed by atoms with van der Waals surface area (Å²) in [6, 6.07) is 7.29. The Morgan fingerprint density at radius 2 is 1.87 bits per heavy atom. The van der Waals surface area contributed by atoms with Gasteiger partial charge in [-0.15, -0.1) is 23.5 Å². The predicted molar refractivity (Wildman–Crippen MR) is 96.0 cm³/mol. The van der Waals surface area contributed by atoms with Gasteiger partial charge in [-0.3, -0.25) is 10.1 Å². The Labute approximate surface area is 145 Å². The molecule has 1 aliphatic rings. The lowest BCUT2D eigenvalue weighted by molar-refractivity contribution is -0.122. The first-order valence-corrected chi connectivity index (χ1v) is 9.68. The fourth-order valence-electron chi connectivity index (χ4n) is 1.92. The van der Waals surface area contributed by atoms with Crippen molar-refractivity contribution in [3.05, 3.63) is 29.8 Å². The van der Waals surface area contributed by atoms with Gasteiger partial charge in [-0.25, -0.2) is 4.79 Å². The van der Waals surface area contributed by atoms with E-state index in [1.807, 2.05) is 61.6 Å². The van der Waals surface area contributed by atoms with Crippen LogP contribution < -0.4 is 15.4 Å². The number of carbonyl (C=O) groups excluding carboxylic acids is 2. The number of nitrogens with one attached hydrogen (secondary N) is 2. The third-order valence-corrected chi connectivity index (χ3v) is 6.17. The van der Waals surface area contributed by atoms with Crippen molar-refractivity contribution in [1.29, 1.82) is 0 Å². The molecule has 2 N–H and O–H groups in total. The second kappa shape index (κ2) is 9.08. The van der Waals surface area contributed by atoms with Crippen LogP contribution in [-0.2, 0) is 4.79 Å². The smallest absolute Gasteiger partial charge is 0.321 e. The van der Waals surface area contributed by atoms with E-state index in [-0.39, 0.29) is 6.61 Å². The van der Waals surface area contributed by atoms with Crippen LogP contribution in [0.15, 0.2) is 24.3 Å². The number of urea groups is 1. The van der Waals surface area contributed by atoms with Crippen LogP contribution >= 0.6 is 23.5 Å². The molecule has 0 atom stereocenters. The number of ether oxygens (including phenoxy) is 1. The highest BCUT2D eigenvalue weighted by Gasteiger charge is 2.18. The summed E-state index contributed by atoms with van der Waals surface area (Å²) >= 11 is 3.89. The maximum Gasteiger partial charge on any atom is 0.321 e. The highest BCUT2D eigenvalue weighted by atomic mass is 32.2. The first kappa shape index (κ1) is 18.0. The molecule has 5 nitrogen and oxygen atoms in total. The molecular weight excluding hydrogens is 332 g/mol. The number of benzene rings is 1. The highest BCUT2D eigenvalue weighted by Crippen LogP contribution is 2.45. The molecule has 3 amide bonds. The maximum atomic E-state index is 11.6. The van der Waals surface area contributed by atoms with Crippen LogP contribution in [0.2, 0.25) is 0 Å². The number of hydrogen-bond acceptors (Lipinski definition) is 5. The largest absolute Gasteiger partial charge is 0.484 e. The third kappa shape index (κ3) is 6.35. The van der Waals surface area contributed by atoms with Crippen LogP contribution in [0.1, 0.15) is 24.0 Å². The molecular formula is C16H22N2O3S2. The Balaban J connectivity index is 1.72. The number of carbonyl (C=O) groups is 2. The van der Waals surface area contributed by atoms with Crippen LogP contribution in [0, 0.1) is 5.92 Å². The Morgan fingerprint density at radius 1 is 1.22 bits per heavy atom. The van der Waals surface area contributed by atoms with Gasteiger partial charge in [-0.2, -0.15) is 0 Å². The molecule has 7 heteroatoms. The van der Waals surface area contributed by atoms with E-state index < -0.39 is 11.9 Å². The molecule has 0 bridgehead atoms. The van der Waals surface area contributed by atoms with Gasteiger partial charge in [0.25, 0.3) is 5.91 Å². The zero-order valence-electron chi connectivity index (χ0n) is 13.3. The SMILES string of the molecule is CC(C)CNC(=O)NC(=O)COc1ccc(C2SCCS2)cc1. The van der Waals surface area contributed by atoms with E-state index in [4.69, 9.17) is 4.74 Å². The Bertz CT molecular complexity index is 529. The van der Waals surface area contributed by atoms with Crippen molar-refractivity contribution in [2.24, 2.45) is 5.92 Å². The molecule has 1 heterocycles. The van der Waals surface area contributed by atoms with E-state index >= 15 is 0 Å². The summed E-state index contributed by atoms with van der Waals surface area (Å²) in [4.78, 5) is 23.1. The van der Waals surface area contributed by atoms with Gasteiger partial charge in [-0.1, -0.05) is 26.0 Å². The van der Waals surface area contributed by atoms with Gasteiger partial charge in [0, 0.05) is 18.1 Å². The fourth-order valence-corrected chi connectivity index (χ4v) is 4.78. The minimum Gasteiger partial charge on any atom is -0.484 e. The topological polar surface area (TPSA) is 67.4 Å². The predicted octanol–water partition coefficient (Wildman–Crippen LogP) is 3.03. The lowest BCUT2D eigenvalue weighted by Crippen LogP contribution is -2.42. The Kier molecular flexibility index (Phi) is 7.11. The molecule has 0 aliphatic carbocycles. The summed E-state index contributed by atoms with van der Waals surface area (Å²) in [6.07, 6.45) is 0. The number of thioether (sulfide) groups is 2. The van der Waals surface area contributed by atoms with Crippen molar-refractivity contribution in [1.82, 2.24) is 10.6 Å². The Morgan fingerprint density at radius 3 is 2.48 bits per heavy atom. The molecule has 0 aromatic heterocycles. The second-order valence-electron chi connectivity index (χ2n) is 5.58. The molecule has 0 spiro atoms. The quantitative estimate of drug-likeness (QED) is 0.822. The lowest BCUT2D eigenvalue weighted by Gasteiger charge is -2.11. The average molecular weight is 354 g/mol. The molecule has 1 saturated heterocycles. The van der Waals surface area contributed by atoms with Crippen LogP contribution in [-0.4, -0.2) is 36.6 Å². The molecule has 1 aromatic rings. The van der Waals surface area contributed by atoms with E-state index in [1.165, 1.54) is 17.1 Å². The molecule has 0 unspecified atom stereocenters. The van der Waals surface area contributed by atoms with Crippen molar-refractivity contribution < 1.29 is 14.3 Å². The first-order valence-electron chi connectivity index (χ1n) is 7.58. The average Bonchev–Trinajstić information content (AvgIpc) is 3.06. The monoisotopic (exact) mass is 354 g/mol. The molecule has 1 fully saturated rings. The minimum absolute atomic E-state index is 0.179. The van der Waals surface area contributed by atoms with Gasteiger partial charge in [0.05, 0.1) is 4.58 Å². The number of amides is 3. The van der Waals surface area contributed by atoms with E-state index in [9.17, 15) is 9.59 Å². The molecule has 2 rings (SSSR count). The standard InChI is InChI=1S/C16H22N2O3S2/c1-11(2)9-17-16(20)18-14(19)10-21-13-5-3-12(4-6-13)15-22-7-8-23-15/h3-6,11,15H,7-10H2,1-2H3,(H2,17,18,19,20). The lowest BCUT2D eigenvalue weighted by atomic mass is 10.2. The molecule has 1 aliphatic heterocycles. The number of hydrogen-bond donors (Lipinski definition) is 2. The van der Waals surface area contributed by atoms with Crippen molar-refractivity contribution in [3.8, 4) is 5.75 Å². The van der Waals surface area contributed by atoms with E-state index in [1.54, 1.807) is 0 Å². The Hall–Kier alpha value is -1.34. The first-order chi connectivity index (χ1) is 11.0. The second-order valence-corrected chi connectivity index (χ2v) is 8.31. The zero-order chi connectivity index (χ0) is 16.7. The summed E-state index contributed by atoms with van der Waals surface area (Å²) in [5.74, 6) is 2.87. The summed E-state index contributed by atoms with van der Waals surface area (Å²) in [6.45, 7) is 4.31. The van der Waals surface area contributed by atoms with Crippen LogP contribution in [0.4, 0.5) is 4.79 Å². The van der Waals surface area contributed by atoms with Crippen LogP contribution in [0.5, 0.6) is 5.75 Å². The molecule has 1 aromatic carbocycles. The van der Waals surface area contributed by atoms with Gasteiger partial charge >= 0.3 is 6.03 Å². The summed E-state index contributed by atoms with van der Waals surface area (Å²) in [5.41, 5.74) is 1.27. The molecule has 23 heavy (non-hydrogen) atoms. The minimum atomic E-state index is -0.488. The van der Waals surface area contributed by atoms with Crippen LogP contribution in [0.3, 0.4) is 0 Å². The van der Waals surface area contributed by atoms with Crippen molar-refractivity contribution in [2.45, 2.75) is 18.4 Å².